The Morgan fingerprint density at radius 1 is 1.25 bits per heavy atom. The molecular formula is C13H25N3. The number of aromatic nitrogens is 2. The van der Waals surface area contributed by atoms with Gasteiger partial charge in [0, 0.05) is 23.3 Å². The van der Waals surface area contributed by atoms with Gasteiger partial charge >= 0.3 is 0 Å². The summed E-state index contributed by atoms with van der Waals surface area (Å²) in [6, 6.07) is 0.879. The zero-order valence-electron chi connectivity index (χ0n) is 11.5. The maximum atomic E-state index is 4.66. The van der Waals surface area contributed by atoms with Crippen LogP contribution in [0.15, 0.2) is 0 Å². The highest BCUT2D eigenvalue weighted by atomic mass is 15.3. The van der Waals surface area contributed by atoms with Crippen molar-refractivity contribution in [3.8, 4) is 0 Å². The first-order chi connectivity index (χ1) is 7.52. The Hall–Kier alpha value is -0.830. The second kappa shape index (κ2) is 5.48. The Labute approximate surface area is 99.2 Å². The van der Waals surface area contributed by atoms with E-state index in [1.807, 2.05) is 0 Å². The molecule has 0 aliphatic carbocycles. The minimum Gasteiger partial charge on any atom is -0.310 e. The van der Waals surface area contributed by atoms with Crippen molar-refractivity contribution in [1.29, 1.82) is 0 Å². The topological polar surface area (TPSA) is 29.9 Å². The van der Waals surface area contributed by atoms with Crippen molar-refractivity contribution in [3.05, 3.63) is 17.0 Å². The number of nitrogens with zero attached hydrogens (tertiary/aromatic N) is 2. The van der Waals surface area contributed by atoms with Gasteiger partial charge in [0.15, 0.2) is 0 Å². The lowest BCUT2D eigenvalue weighted by atomic mass is 10.1. The fourth-order valence-electron chi connectivity index (χ4n) is 2.31. The molecule has 0 aromatic carbocycles. The van der Waals surface area contributed by atoms with Crippen molar-refractivity contribution in [1.82, 2.24) is 15.1 Å². The Morgan fingerprint density at radius 3 is 2.38 bits per heavy atom. The number of hydrogen-bond acceptors (Lipinski definition) is 2. The lowest BCUT2D eigenvalue weighted by molar-refractivity contribution is 0.463. The van der Waals surface area contributed by atoms with Crippen LogP contribution in [-0.2, 0) is 0 Å². The summed E-state index contributed by atoms with van der Waals surface area (Å²) in [5, 5.41) is 8.12. The number of hydrogen-bond donors (Lipinski definition) is 1. The summed E-state index contributed by atoms with van der Waals surface area (Å²) in [4.78, 5) is 0. The van der Waals surface area contributed by atoms with E-state index in [0.717, 1.165) is 18.7 Å². The van der Waals surface area contributed by atoms with Gasteiger partial charge in [0.1, 0.15) is 0 Å². The molecule has 0 aliphatic heterocycles. The zero-order chi connectivity index (χ0) is 12.3. The SMILES string of the molecule is CCNC(C)c1c(C)nn(C(C)CC)c1C. The molecule has 1 rings (SSSR count). The maximum Gasteiger partial charge on any atom is 0.0644 e. The lowest BCUT2D eigenvalue weighted by Gasteiger charge is -2.15. The van der Waals surface area contributed by atoms with Crippen molar-refractivity contribution < 1.29 is 0 Å². The molecule has 0 radical (unpaired) electrons. The van der Waals surface area contributed by atoms with Gasteiger partial charge in [0.25, 0.3) is 0 Å². The average molecular weight is 223 g/mol. The molecule has 1 aromatic rings. The molecule has 0 aliphatic rings. The molecule has 1 aromatic heterocycles. The summed E-state index contributed by atoms with van der Waals surface area (Å²) in [6.45, 7) is 14.1. The van der Waals surface area contributed by atoms with E-state index in [2.05, 4.69) is 56.6 Å². The second-order valence-electron chi connectivity index (χ2n) is 4.57. The highest BCUT2D eigenvalue weighted by molar-refractivity contribution is 5.28. The van der Waals surface area contributed by atoms with Crippen LogP contribution in [-0.4, -0.2) is 16.3 Å². The molecule has 16 heavy (non-hydrogen) atoms. The van der Waals surface area contributed by atoms with Gasteiger partial charge in [0.05, 0.1) is 5.69 Å². The highest BCUT2D eigenvalue weighted by Gasteiger charge is 2.18. The van der Waals surface area contributed by atoms with Crippen LogP contribution in [0.1, 0.15) is 63.2 Å². The molecule has 2 atom stereocenters. The summed E-state index contributed by atoms with van der Waals surface area (Å²) in [6.07, 6.45) is 1.12. The van der Waals surface area contributed by atoms with Gasteiger partial charge in [0.2, 0.25) is 0 Å². The number of rotatable bonds is 5. The fourth-order valence-corrected chi connectivity index (χ4v) is 2.31. The van der Waals surface area contributed by atoms with E-state index in [4.69, 9.17) is 0 Å². The molecule has 0 saturated heterocycles. The molecule has 0 saturated carbocycles. The Kier molecular flexibility index (Phi) is 4.54. The van der Waals surface area contributed by atoms with E-state index in [-0.39, 0.29) is 0 Å². The van der Waals surface area contributed by atoms with E-state index < -0.39 is 0 Å². The van der Waals surface area contributed by atoms with Crippen molar-refractivity contribution in [2.24, 2.45) is 0 Å². The summed E-state index contributed by atoms with van der Waals surface area (Å²) >= 11 is 0. The van der Waals surface area contributed by atoms with Crippen LogP contribution in [0.5, 0.6) is 0 Å². The van der Waals surface area contributed by atoms with Crippen LogP contribution in [0.25, 0.3) is 0 Å². The third kappa shape index (κ3) is 2.46. The molecule has 3 nitrogen and oxygen atoms in total. The summed E-state index contributed by atoms with van der Waals surface area (Å²) in [7, 11) is 0. The minimum atomic E-state index is 0.391. The van der Waals surface area contributed by atoms with Gasteiger partial charge in [-0.3, -0.25) is 4.68 Å². The summed E-state index contributed by atoms with van der Waals surface area (Å²) < 4.78 is 2.17. The molecule has 1 N–H and O–H groups in total. The smallest absolute Gasteiger partial charge is 0.0644 e. The Balaban J connectivity index is 3.06. The predicted molar refractivity (Wildman–Crippen MR) is 68.8 cm³/mol. The minimum absolute atomic E-state index is 0.391. The highest BCUT2D eigenvalue weighted by Crippen LogP contribution is 2.24. The Morgan fingerprint density at radius 2 is 1.88 bits per heavy atom. The van der Waals surface area contributed by atoms with Crippen molar-refractivity contribution >= 4 is 0 Å². The van der Waals surface area contributed by atoms with Crippen molar-refractivity contribution in [2.45, 2.75) is 60.0 Å². The second-order valence-corrected chi connectivity index (χ2v) is 4.57. The molecule has 1 heterocycles. The van der Waals surface area contributed by atoms with E-state index in [1.54, 1.807) is 0 Å². The van der Waals surface area contributed by atoms with Crippen LogP contribution < -0.4 is 5.32 Å². The molecule has 92 valence electrons. The van der Waals surface area contributed by atoms with Crippen molar-refractivity contribution in [3.63, 3.8) is 0 Å². The summed E-state index contributed by atoms with van der Waals surface area (Å²) in [5.74, 6) is 0. The molecule has 2 unspecified atom stereocenters. The molecule has 0 bridgehead atoms. The van der Waals surface area contributed by atoms with Crippen molar-refractivity contribution in [2.75, 3.05) is 6.54 Å². The third-order valence-electron chi connectivity index (χ3n) is 3.33. The first-order valence-electron chi connectivity index (χ1n) is 6.31. The monoisotopic (exact) mass is 223 g/mol. The van der Waals surface area contributed by atoms with Crippen LogP contribution in [0, 0.1) is 13.8 Å². The van der Waals surface area contributed by atoms with Gasteiger partial charge in [-0.25, -0.2) is 0 Å². The van der Waals surface area contributed by atoms with E-state index in [9.17, 15) is 0 Å². The number of nitrogens with one attached hydrogen (secondary N) is 1. The molecule has 0 amide bonds. The summed E-state index contributed by atoms with van der Waals surface area (Å²) in [5.41, 5.74) is 3.83. The van der Waals surface area contributed by atoms with Gasteiger partial charge in [-0.2, -0.15) is 5.10 Å². The Bertz CT molecular complexity index is 341. The number of aryl methyl sites for hydroxylation is 1. The quantitative estimate of drug-likeness (QED) is 0.831. The van der Waals surface area contributed by atoms with E-state index in [1.165, 1.54) is 11.3 Å². The van der Waals surface area contributed by atoms with Gasteiger partial charge < -0.3 is 5.32 Å². The molecule has 0 spiro atoms. The first kappa shape index (κ1) is 13.2. The van der Waals surface area contributed by atoms with Crippen LogP contribution >= 0.6 is 0 Å². The molecule has 3 heteroatoms. The molecule has 0 fully saturated rings. The van der Waals surface area contributed by atoms with E-state index in [0.29, 0.717) is 12.1 Å². The normalized spacial score (nSPS) is 15.1. The third-order valence-corrected chi connectivity index (χ3v) is 3.33. The van der Waals surface area contributed by atoms with Gasteiger partial charge in [-0.05, 0) is 40.7 Å². The molecular weight excluding hydrogens is 198 g/mol. The standard InChI is InChI=1S/C13H25N3/c1-7-9(3)16-12(6)13(11(5)15-16)10(4)14-8-2/h9-10,14H,7-8H2,1-6H3. The van der Waals surface area contributed by atoms with Crippen LogP contribution in [0.3, 0.4) is 0 Å². The van der Waals surface area contributed by atoms with Crippen LogP contribution in [0.2, 0.25) is 0 Å². The van der Waals surface area contributed by atoms with Gasteiger partial charge in [-0.1, -0.05) is 13.8 Å². The predicted octanol–water partition coefficient (Wildman–Crippen LogP) is 3.14. The van der Waals surface area contributed by atoms with Gasteiger partial charge in [-0.15, -0.1) is 0 Å². The average Bonchev–Trinajstić information content (AvgIpc) is 2.53. The lowest BCUT2D eigenvalue weighted by Crippen LogP contribution is -2.19. The fraction of sp³-hybridized carbons (Fsp3) is 0.769. The van der Waals surface area contributed by atoms with E-state index >= 15 is 0 Å². The zero-order valence-corrected chi connectivity index (χ0v) is 11.5. The first-order valence-corrected chi connectivity index (χ1v) is 6.31. The van der Waals surface area contributed by atoms with Crippen LogP contribution in [0.4, 0.5) is 0 Å². The largest absolute Gasteiger partial charge is 0.310 e. The maximum absolute atomic E-state index is 4.66.